The van der Waals surface area contributed by atoms with Crippen LogP contribution in [0.25, 0.3) is 0 Å². The molecule has 1 aliphatic carbocycles. The summed E-state index contributed by atoms with van der Waals surface area (Å²) in [5.41, 5.74) is 1.50. The summed E-state index contributed by atoms with van der Waals surface area (Å²) in [6, 6.07) is 5.12. The van der Waals surface area contributed by atoms with Gasteiger partial charge in [0.2, 0.25) is 15.9 Å². The number of nitrogens with one attached hydrogen (secondary N) is 1. The van der Waals surface area contributed by atoms with E-state index in [2.05, 4.69) is 5.32 Å². The molecule has 136 valence electrons. The average Bonchev–Trinajstić information content (AvgIpc) is 3.08. The number of hydrogen-bond donors (Lipinski definition) is 2. The summed E-state index contributed by atoms with van der Waals surface area (Å²) in [4.78, 5) is 23.6. The van der Waals surface area contributed by atoms with Crippen LogP contribution in [0.3, 0.4) is 0 Å². The monoisotopic (exact) mass is 366 g/mol. The van der Waals surface area contributed by atoms with Gasteiger partial charge in [0.15, 0.2) is 0 Å². The number of hydrogen-bond acceptors (Lipinski definition) is 4. The summed E-state index contributed by atoms with van der Waals surface area (Å²) < 4.78 is 25.1. The van der Waals surface area contributed by atoms with Crippen molar-refractivity contribution < 1.29 is 23.1 Å². The Bertz CT molecular complexity index is 847. The van der Waals surface area contributed by atoms with Crippen LogP contribution in [0.2, 0.25) is 0 Å². The maximum Gasteiger partial charge on any atom is 0.307 e. The number of aryl methyl sites for hydroxylation is 1. The molecular weight excluding hydrogens is 344 g/mol. The summed E-state index contributed by atoms with van der Waals surface area (Å²) in [5.74, 6) is -2.51. The number of benzene rings is 1. The van der Waals surface area contributed by atoms with E-state index in [0.717, 1.165) is 12.0 Å². The molecule has 1 aromatic carbocycles. The minimum absolute atomic E-state index is 0.312. The van der Waals surface area contributed by atoms with Crippen LogP contribution in [0.4, 0.5) is 11.4 Å². The normalized spacial score (nSPS) is 24.4. The van der Waals surface area contributed by atoms with Gasteiger partial charge in [-0.25, -0.2) is 8.42 Å². The van der Waals surface area contributed by atoms with Crippen LogP contribution in [-0.2, 0) is 26.0 Å². The molecule has 1 aliphatic heterocycles. The molecule has 2 atom stereocenters. The van der Waals surface area contributed by atoms with Gasteiger partial charge < -0.3 is 10.4 Å². The van der Waals surface area contributed by atoms with E-state index in [0.29, 0.717) is 24.3 Å². The summed E-state index contributed by atoms with van der Waals surface area (Å²) in [6.45, 7) is 3.99. The molecule has 1 saturated carbocycles. The standard InChI is InChI=1S/C17H22N2O5S/c1-17(2)13(14(17)16(21)22)15(20)18-11-6-7-12-10(9-11)5-4-8-19(12)25(3,23)24/h6-7,9,13-14H,4-5,8H2,1-3H3,(H,18,20)(H,21,22)/t13-,14+/m1/s1. The van der Waals surface area contributed by atoms with Gasteiger partial charge in [0.25, 0.3) is 0 Å². The van der Waals surface area contributed by atoms with Gasteiger partial charge in [0.1, 0.15) is 0 Å². The number of carboxylic acid groups (broad SMARTS) is 1. The van der Waals surface area contributed by atoms with E-state index >= 15 is 0 Å². The van der Waals surface area contributed by atoms with Crippen molar-refractivity contribution in [3.63, 3.8) is 0 Å². The maximum absolute atomic E-state index is 12.4. The lowest BCUT2D eigenvalue weighted by Crippen LogP contribution is -2.34. The third-order valence-corrected chi connectivity index (χ3v) is 6.38. The van der Waals surface area contributed by atoms with Gasteiger partial charge >= 0.3 is 5.97 Å². The van der Waals surface area contributed by atoms with Crippen LogP contribution >= 0.6 is 0 Å². The first-order chi connectivity index (χ1) is 11.5. The fraction of sp³-hybridized carbons (Fsp3) is 0.529. The molecule has 25 heavy (non-hydrogen) atoms. The molecule has 8 heteroatoms. The molecule has 1 heterocycles. The first-order valence-electron chi connectivity index (χ1n) is 8.18. The van der Waals surface area contributed by atoms with Gasteiger partial charge in [-0.3, -0.25) is 13.9 Å². The minimum Gasteiger partial charge on any atom is -0.481 e. The zero-order valence-electron chi connectivity index (χ0n) is 14.4. The fourth-order valence-corrected chi connectivity index (χ4v) is 4.79. The number of carboxylic acids is 1. The van der Waals surface area contributed by atoms with E-state index < -0.39 is 33.2 Å². The Kier molecular flexibility index (Phi) is 4.06. The lowest BCUT2D eigenvalue weighted by molar-refractivity contribution is -0.140. The molecule has 0 spiro atoms. The number of anilines is 2. The Morgan fingerprint density at radius 2 is 1.96 bits per heavy atom. The molecule has 1 amide bonds. The van der Waals surface area contributed by atoms with Gasteiger partial charge in [0.05, 0.1) is 23.8 Å². The SMILES string of the molecule is CC1(C)[C@H](C(=O)O)[C@@H]1C(=O)Nc1ccc2c(c1)CCCN2S(C)(=O)=O. The smallest absolute Gasteiger partial charge is 0.307 e. The van der Waals surface area contributed by atoms with Crippen molar-refractivity contribution >= 4 is 33.3 Å². The van der Waals surface area contributed by atoms with Gasteiger partial charge in [-0.05, 0) is 42.0 Å². The highest BCUT2D eigenvalue weighted by atomic mass is 32.2. The van der Waals surface area contributed by atoms with Crippen LogP contribution in [0.15, 0.2) is 18.2 Å². The molecule has 2 aliphatic rings. The largest absolute Gasteiger partial charge is 0.481 e. The van der Waals surface area contributed by atoms with E-state index in [1.807, 2.05) is 0 Å². The highest BCUT2D eigenvalue weighted by Gasteiger charge is 2.65. The number of sulfonamides is 1. The van der Waals surface area contributed by atoms with Crippen LogP contribution in [0.1, 0.15) is 25.8 Å². The molecule has 3 rings (SSSR count). The Morgan fingerprint density at radius 3 is 2.52 bits per heavy atom. The molecule has 1 fully saturated rings. The maximum atomic E-state index is 12.4. The molecular formula is C17H22N2O5S. The van der Waals surface area contributed by atoms with E-state index in [-0.39, 0.29) is 5.91 Å². The van der Waals surface area contributed by atoms with Gasteiger partial charge in [-0.1, -0.05) is 13.8 Å². The number of fused-ring (bicyclic) bond motifs is 1. The first kappa shape index (κ1) is 17.7. The number of amides is 1. The van der Waals surface area contributed by atoms with Crippen LogP contribution < -0.4 is 9.62 Å². The third-order valence-electron chi connectivity index (χ3n) is 5.20. The van der Waals surface area contributed by atoms with Crippen molar-refractivity contribution in [1.29, 1.82) is 0 Å². The molecule has 0 unspecified atom stereocenters. The number of rotatable bonds is 4. The van der Waals surface area contributed by atoms with Gasteiger partial charge in [-0.2, -0.15) is 0 Å². The third kappa shape index (κ3) is 3.10. The molecule has 1 aromatic rings. The highest BCUT2D eigenvalue weighted by molar-refractivity contribution is 7.92. The van der Waals surface area contributed by atoms with Crippen molar-refractivity contribution in [2.75, 3.05) is 22.4 Å². The topological polar surface area (TPSA) is 104 Å². The number of carbonyl (C=O) groups excluding carboxylic acids is 1. The van der Waals surface area contributed by atoms with Crippen molar-refractivity contribution in [1.82, 2.24) is 0 Å². The lowest BCUT2D eigenvalue weighted by Gasteiger charge is -2.29. The number of aliphatic carboxylic acids is 1. The Hall–Kier alpha value is -2.09. The Labute approximate surface area is 147 Å². The molecule has 2 N–H and O–H groups in total. The highest BCUT2D eigenvalue weighted by Crippen LogP contribution is 2.58. The average molecular weight is 366 g/mol. The summed E-state index contributed by atoms with van der Waals surface area (Å²) in [7, 11) is -3.33. The van der Waals surface area contributed by atoms with Crippen molar-refractivity contribution in [2.45, 2.75) is 26.7 Å². The predicted octanol–water partition coefficient (Wildman–Crippen LogP) is 1.69. The van der Waals surface area contributed by atoms with E-state index in [9.17, 15) is 23.1 Å². The summed E-state index contributed by atoms with van der Waals surface area (Å²) in [6.07, 6.45) is 2.63. The molecule has 0 bridgehead atoms. The van der Waals surface area contributed by atoms with Gasteiger partial charge in [0, 0.05) is 12.2 Å². The van der Waals surface area contributed by atoms with Crippen LogP contribution in [0.5, 0.6) is 0 Å². The van der Waals surface area contributed by atoms with E-state index in [1.54, 1.807) is 32.0 Å². The molecule has 0 radical (unpaired) electrons. The zero-order valence-corrected chi connectivity index (χ0v) is 15.3. The van der Waals surface area contributed by atoms with Crippen LogP contribution in [0, 0.1) is 17.3 Å². The summed E-state index contributed by atoms with van der Waals surface area (Å²) in [5, 5.41) is 12.0. The minimum atomic E-state index is -3.33. The summed E-state index contributed by atoms with van der Waals surface area (Å²) >= 11 is 0. The zero-order chi connectivity index (χ0) is 18.6. The predicted molar refractivity (Wildman–Crippen MR) is 94.0 cm³/mol. The second kappa shape index (κ2) is 5.72. The molecule has 0 aromatic heterocycles. The molecule has 0 saturated heterocycles. The van der Waals surface area contributed by atoms with Crippen molar-refractivity contribution in [2.24, 2.45) is 17.3 Å². The quantitative estimate of drug-likeness (QED) is 0.844. The second-order valence-corrected chi connectivity index (χ2v) is 9.29. The first-order valence-corrected chi connectivity index (χ1v) is 10.0. The second-order valence-electron chi connectivity index (χ2n) is 7.39. The van der Waals surface area contributed by atoms with Crippen LogP contribution in [-0.4, -0.2) is 38.2 Å². The van der Waals surface area contributed by atoms with Gasteiger partial charge in [-0.15, -0.1) is 0 Å². The lowest BCUT2D eigenvalue weighted by atomic mass is 10.0. The van der Waals surface area contributed by atoms with E-state index in [1.165, 1.54) is 10.6 Å². The Balaban J connectivity index is 1.80. The van der Waals surface area contributed by atoms with E-state index in [4.69, 9.17) is 0 Å². The molecule has 7 nitrogen and oxygen atoms in total. The Morgan fingerprint density at radius 1 is 1.28 bits per heavy atom. The van der Waals surface area contributed by atoms with Crippen molar-refractivity contribution in [3.05, 3.63) is 23.8 Å². The van der Waals surface area contributed by atoms with Crippen molar-refractivity contribution in [3.8, 4) is 0 Å². The number of carbonyl (C=O) groups is 2. The fourth-order valence-electron chi connectivity index (χ4n) is 3.79. The number of nitrogens with zero attached hydrogens (tertiary/aromatic N) is 1.